The first-order valence-corrected chi connectivity index (χ1v) is 4.83. The van der Waals surface area contributed by atoms with Crippen molar-refractivity contribution in [2.24, 2.45) is 0 Å². The van der Waals surface area contributed by atoms with Gasteiger partial charge in [0.05, 0.1) is 23.9 Å². The molecule has 0 amide bonds. The van der Waals surface area contributed by atoms with Crippen molar-refractivity contribution < 1.29 is 4.92 Å². The lowest BCUT2D eigenvalue weighted by Gasteiger charge is -2.00. The van der Waals surface area contributed by atoms with E-state index in [-0.39, 0.29) is 5.69 Å². The van der Waals surface area contributed by atoms with Crippen LogP contribution in [0.25, 0.3) is 0 Å². The molecule has 0 bridgehead atoms. The standard InChI is InChI=1S/C10H10N4O2/c15-14(16)10-3-1-9(2-4-10)5-8-13-11-6-7-12-13/h1-4,6-7H,5,8H2. The molecule has 0 aliphatic carbocycles. The molecule has 2 rings (SSSR count). The van der Waals surface area contributed by atoms with Gasteiger partial charge in [-0.2, -0.15) is 15.0 Å². The van der Waals surface area contributed by atoms with E-state index in [1.165, 1.54) is 12.1 Å². The van der Waals surface area contributed by atoms with Crippen LogP contribution < -0.4 is 0 Å². The van der Waals surface area contributed by atoms with Crippen LogP contribution in [0.1, 0.15) is 5.56 Å². The Balaban J connectivity index is 1.98. The van der Waals surface area contributed by atoms with Gasteiger partial charge in [-0.3, -0.25) is 10.1 Å². The SMILES string of the molecule is O=[N+]([O-])c1ccc(CCn2nccn2)cc1. The summed E-state index contributed by atoms with van der Waals surface area (Å²) in [7, 11) is 0. The van der Waals surface area contributed by atoms with E-state index >= 15 is 0 Å². The number of non-ortho nitro benzene ring substituents is 1. The van der Waals surface area contributed by atoms with E-state index in [2.05, 4.69) is 10.2 Å². The van der Waals surface area contributed by atoms with Crippen LogP contribution >= 0.6 is 0 Å². The highest BCUT2D eigenvalue weighted by atomic mass is 16.6. The van der Waals surface area contributed by atoms with Crippen LogP contribution in [-0.4, -0.2) is 19.9 Å². The van der Waals surface area contributed by atoms with E-state index in [0.717, 1.165) is 12.0 Å². The van der Waals surface area contributed by atoms with Gasteiger partial charge in [-0.05, 0) is 12.0 Å². The van der Waals surface area contributed by atoms with Gasteiger partial charge in [-0.25, -0.2) is 0 Å². The molecule has 0 atom stereocenters. The van der Waals surface area contributed by atoms with Crippen LogP contribution in [0.3, 0.4) is 0 Å². The lowest BCUT2D eigenvalue weighted by atomic mass is 10.1. The normalized spacial score (nSPS) is 10.2. The highest BCUT2D eigenvalue weighted by Crippen LogP contribution is 2.12. The fourth-order valence-corrected chi connectivity index (χ4v) is 1.37. The molecule has 0 aliphatic heterocycles. The Morgan fingerprint density at radius 3 is 2.38 bits per heavy atom. The van der Waals surface area contributed by atoms with Crippen molar-refractivity contribution >= 4 is 5.69 Å². The Kier molecular flexibility index (Phi) is 2.90. The van der Waals surface area contributed by atoms with Gasteiger partial charge in [-0.15, -0.1) is 0 Å². The Bertz CT molecular complexity index is 464. The van der Waals surface area contributed by atoms with Gasteiger partial charge in [0.2, 0.25) is 0 Å². The van der Waals surface area contributed by atoms with Crippen LogP contribution in [0.4, 0.5) is 5.69 Å². The molecule has 2 aromatic rings. The van der Waals surface area contributed by atoms with E-state index in [1.54, 1.807) is 29.3 Å². The fourth-order valence-electron chi connectivity index (χ4n) is 1.37. The Morgan fingerprint density at radius 1 is 1.19 bits per heavy atom. The molecule has 0 N–H and O–H groups in total. The van der Waals surface area contributed by atoms with Crippen molar-refractivity contribution in [3.8, 4) is 0 Å². The highest BCUT2D eigenvalue weighted by Gasteiger charge is 2.03. The molecule has 1 aromatic heterocycles. The molecule has 0 fully saturated rings. The number of rotatable bonds is 4. The number of nitrogens with zero attached hydrogens (tertiary/aromatic N) is 4. The molecule has 0 radical (unpaired) electrons. The van der Waals surface area contributed by atoms with Crippen LogP contribution in [0, 0.1) is 10.1 Å². The van der Waals surface area contributed by atoms with Gasteiger partial charge in [0.15, 0.2) is 0 Å². The number of hydrogen-bond donors (Lipinski definition) is 0. The van der Waals surface area contributed by atoms with E-state index in [9.17, 15) is 10.1 Å². The first-order valence-electron chi connectivity index (χ1n) is 4.83. The Hall–Kier alpha value is -2.24. The number of nitro groups is 1. The van der Waals surface area contributed by atoms with E-state index in [0.29, 0.717) is 6.54 Å². The maximum absolute atomic E-state index is 10.4. The summed E-state index contributed by atoms with van der Waals surface area (Å²) in [6.45, 7) is 0.671. The summed E-state index contributed by atoms with van der Waals surface area (Å²) in [6.07, 6.45) is 4.00. The summed E-state index contributed by atoms with van der Waals surface area (Å²) >= 11 is 0. The quantitative estimate of drug-likeness (QED) is 0.574. The third-order valence-electron chi connectivity index (χ3n) is 2.21. The van der Waals surface area contributed by atoms with Gasteiger partial charge in [0.25, 0.3) is 5.69 Å². The summed E-state index contributed by atoms with van der Waals surface area (Å²) < 4.78 is 0. The molecule has 1 heterocycles. The Labute approximate surface area is 91.7 Å². The third kappa shape index (κ3) is 2.41. The molecule has 0 saturated carbocycles. The highest BCUT2D eigenvalue weighted by molar-refractivity contribution is 5.32. The topological polar surface area (TPSA) is 73.8 Å². The average Bonchev–Trinajstić information content (AvgIpc) is 2.80. The summed E-state index contributed by atoms with van der Waals surface area (Å²) in [5.41, 5.74) is 1.14. The van der Waals surface area contributed by atoms with E-state index in [1.807, 2.05) is 0 Å². The van der Waals surface area contributed by atoms with Gasteiger partial charge in [0.1, 0.15) is 0 Å². The number of aromatic nitrogens is 3. The largest absolute Gasteiger partial charge is 0.269 e. The maximum atomic E-state index is 10.4. The predicted octanol–water partition coefficient (Wildman–Crippen LogP) is 1.43. The minimum absolute atomic E-state index is 0.112. The molecule has 6 nitrogen and oxygen atoms in total. The molecule has 6 heteroatoms. The molecular weight excluding hydrogens is 208 g/mol. The van der Waals surface area contributed by atoms with Crippen molar-refractivity contribution in [1.82, 2.24) is 15.0 Å². The third-order valence-corrected chi connectivity index (χ3v) is 2.21. The Morgan fingerprint density at radius 2 is 1.81 bits per heavy atom. The first-order chi connectivity index (χ1) is 7.75. The number of nitro benzene ring substituents is 1. The predicted molar refractivity (Wildman–Crippen MR) is 56.8 cm³/mol. The van der Waals surface area contributed by atoms with Gasteiger partial charge in [0, 0.05) is 12.1 Å². The van der Waals surface area contributed by atoms with Gasteiger partial charge in [-0.1, -0.05) is 12.1 Å². The monoisotopic (exact) mass is 218 g/mol. The second kappa shape index (κ2) is 4.52. The summed E-state index contributed by atoms with van der Waals surface area (Å²) in [6, 6.07) is 6.51. The van der Waals surface area contributed by atoms with Gasteiger partial charge < -0.3 is 0 Å². The maximum Gasteiger partial charge on any atom is 0.269 e. The lowest BCUT2D eigenvalue weighted by Crippen LogP contribution is -2.04. The first kappa shape index (κ1) is 10.3. The minimum Gasteiger partial charge on any atom is -0.258 e. The number of aryl methyl sites for hydroxylation is 2. The fraction of sp³-hybridized carbons (Fsp3) is 0.200. The van der Waals surface area contributed by atoms with Crippen molar-refractivity contribution in [2.45, 2.75) is 13.0 Å². The zero-order valence-corrected chi connectivity index (χ0v) is 8.48. The van der Waals surface area contributed by atoms with Crippen LogP contribution in [0.2, 0.25) is 0 Å². The molecule has 1 aromatic carbocycles. The van der Waals surface area contributed by atoms with Crippen LogP contribution in [-0.2, 0) is 13.0 Å². The molecule has 16 heavy (non-hydrogen) atoms. The second-order valence-electron chi connectivity index (χ2n) is 3.30. The van der Waals surface area contributed by atoms with E-state index < -0.39 is 4.92 Å². The zero-order chi connectivity index (χ0) is 11.4. The number of hydrogen-bond acceptors (Lipinski definition) is 4. The summed E-state index contributed by atoms with van der Waals surface area (Å²) in [4.78, 5) is 11.6. The zero-order valence-electron chi connectivity index (χ0n) is 8.48. The average molecular weight is 218 g/mol. The molecular formula is C10H10N4O2. The number of benzene rings is 1. The summed E-state index contributed by atoms with van der Waals surface area (Å²) in [5, 5.41) is 18.4. The smallest absolute Gasteiger partial charge is 0.258 e. The summed E-state index contributed by atoms with van der Waals surface area (Å²) in [5.74, 6) is 0. The van der Waals surface area contributed by atoms with Crippen LogP contribution in [0.5, 0.6) is 0 Å². The molecule has 0 aliphatic rings. The van der Waals surface area contributed by atoms with E-state index in [4.69, 9.17) is 0 Å². The lowest BCUT2D eigenvalue weighted by molar-refractivity contribution is -0.384. The van der Waals surface area contributed by atoms with Crippen molar-refractivity contribution in [3.63, 3.8) is 0 Å². The molecule has 0 spiro atoms. The van der Waals surface area contributed by atoms with Crippen molar-refractivity contribution in [3.05, 3.63) is 52.3 Å². The molecule has 0 saturated heterocycles. The minimum atomic E-state index is -0.404. The van der Waals surface area contributed by atoms with Crippen LogP contribution in [0.15, 0.2) is 36.7 Å². The molecule has 0 unspecified atom stereocenters. The molecule has 82 valence electrons. The van der Waals surface area contributed by atoms with Crippen molar-refractivity contribution in [2.75, 3.05) is 0 Å². The van der Waals surface area contributed by atoms with Crippen molar-refractivity contribution in [1.29, 1.82) is 0 Å². The van der Waals surface area contributed by atoms with Gasteiger partial charge >= 0.3 is 0 Å². The second-order valence-corrected chi connectivity index (χ2v) is 3.30.